The highest BCUT2D eigenvalue weighted by Gasteiger charge is 2.25. The molecule has 0 saturated heterocycles. The zero-order valence-corrected chi connectivity index (χ0v) is 11.1. The Kier molecular flexibility index (Phi) is 3.02. The Hall–Kier alpha value is -0.890. The monoisotopic (exact) mass is 238 g/mol. The maximum absolute atomic E-state index is 6.16. The molecule has 0 aliphatic carbocycles. The van der Waals surface area contributed by atoms with Gasteiger partial charge in [0.05, 0.1) is 11.4 Å². The van der Waals surface area contributed by atoms with Crippen molar-refractivity contribution in [2.75, 3.05) is 23.8 Å². The van der Waals surface area contributed by atoms with E-state index in [4.69, 9.17) is 11.6 Å². The molecule has 0 saturated carbocycles. The SMILES string of the molecule is Cc1c(Cl)ccc2c1N(C)CC(C(C)C)N2. The summed E-state index contributed by atoms with van der Waals surface area (Å²) in [5.74, 6) is 0.631. The number of nitrogens with one attached hydrogen (secondary N) is 1. The highest BCUT2D eigenvalue weighted by molar-refractivity contribution is 6.32. The van der Waals surface area contributed by atoms with Crippen molar-refractivity contribution in [3.8, 4) is 0 Å². The summed E-state index contributed by atoms with van der Waals surface area (Å²) < 4.78 is 0. The molecular formula is C13H19ClN2. The fraction of sp³-hybridized carbons (Fsp3) is 0.538. The van der Waals surface area contributed by atoms with Crippen molar-refractivity contribution in [2.24, 2.45) is 5.92 Å². The van der Waals surface area contributed by atoms with Gasteiger partial charge < -0.3 is 10.2 Å². The summed E-state index contributed by atoms with van der Waals surface area (Å²) in [5.41, 5.74) is 3.61. The van der Waals surface area contributed by atoms with Gasteiger partial charge in [0.2, 0.25) is 0 Å². The van der Waals surface area contributed by atoms with E-state index >= 15 is 0 Å². The third-order valence-electron chi connectivity index (χ3n) is 3.36. The molecule has 0 fully saturated rings. The van der Waals surface area contributed by atoms with Crippen molar-refractivity contribution in [3.05, 3.63) is 22.7 Å². The van der Waals surface area contributed by atoms with Gasteiger partial charge in [-0.15, -0.1) is 0 Å². The minimum atomic E-state index is 0.512. The average molecular weight is 239 g/mol. The third-order valence-corrected chi connectivity index (χ3v) is 3.77. The Morgan fingerprint density at radius 3 is 2.75 bits per heavy atom. The lowest BCUT2D eigenvalue weighted by atomic mass is 9.99. The lowest BCUT2D eigenvalue weighted by Gasteiger charge is -2.38. The quantitative estimate of drug-likeness (QED) is 0.805. The van der Waals surface area contributed by atoms with Crippen molar-refractivity contribution in [1.82, 2.24) is 0 Å². The molecule has 0 amide bonds. The van der Waals surface area contributed by atoms with E-state index in [-0.39, 0.29) is 0 Å². The van der Waals surface area contributed by atoms with Crippen molar-refractivity contribution < 1.29 is 0 Å². The Morgan fingerprint density at radius 2 is 2.12 bits per heavy atom. The first-order chi connectivity index (χ1) is 7.50. The van der Waals surface area contributed by atoms with Crippen LogP contribution in [0.3, 0.4) is 0 Å². The predicted molar refractivity (Wildman–Crippen MR) is 71.7 cm³/mol. The van der Waals surface area contributed by atoms with E-state index in [1.54, 1.807) is 0 Å². The van der Waals surface area contributed by atoms with E-state index in [0.29, 0.717) is 12.0 Å². The lowest BCUT2D eigenvalue weighted by Crippen LogP contribution is -2.42. The number of nitrogens with zero attached hydrogens (tertiary/aromatic N) is 1. The summed E-state index contributed by atoms with van der Waals surface area (Å²) >= 11 is 6.16. The Labute approximate surface area is 103 Å². The normalized spacial score (nSPS) is 19.6. The molecule has 1 aliphatic heterocycles. The van der Waals surface area contributed by atoms with Crippen LogP contribution in [0.15, 0.2) is 12.1 Å². The average Bonchev–Trinajstić information content (AvgIpc) is 2.22. The van der Waals surface area contributed by atoms with Crippen LogP contribution in [0.1, 0.15) is 19.4 Å². The first-order valence-electron chi connectivity index (χ1n) is 5.77. The first-order valence-corrected chi connectivity index (χ1v) is 6.15. The molecule has 1 N–H and O–H groups in total. The Bertz CT molecular complexity index is 401. The molecular weight excluding hydrogens is 220 g/mol. The van der Waals surface area contributed by atoms with Gasteiger partial charge in [0.25, 0.3) is 0 Å². The van der Waals surface area contributed by atoms with Gasteiger partial charge in [-0.1, -0.05) is 25.4 Å². The topological polar surface area (TPSA) is 15.3 Å². The number of halogens is 1. The summed E-state index contributed by atoms with van der Waals surface area (Å²) in [6.07, 6.45) is 0. The molecule has 1 unspecified atom stereocenters. The van der Waals surface area contributed by atoms with Crippen molar-refractivity contribution in [2.45, 2.75) is 26.8 Å². The van der Waals surface area contributed by atoms with Gasteiger partial charge in [0.15, 0.2) is 0 Å². The molecule has 88 valence electrons. The molecule has 2 rings (SSSR count). The molecule has 1 aromatic carbocycles. The van der Waals surface area contributed by atoms with E-state index in [9.17, 15) is 0 Å². The first kappa shape index (κ1) is 11.6. The van der Waals surface area contributed by atoms with Gasteiger partial charge in [0.1, 0.15) is 0 Å². The number of hydrogen-bond acceptors (Lipinski definition) is 2. The molecule has 3 heteroatoms. The van der Waals surface area contributed by atoms with Gasteiger partial charge in [-0.3, -0.25) is 0 Å². The van der Waals surface area contributed by atoms with E-state index in [1.165, 1.54) is 11.4 Å². The fourth-order valence-corrected chi connectivity index (χ4v) is 2.45. The number of rotatable bonds is 1. The highest BCUT2D eigenvalue weighted by Crippen LogP contribution is 2.37. The Morgan fingerprint density at radius 1 is 1.44 bits per heavy atom. The highest BCUT2D eigenvalue weighted by atomic mass is 35.5. The molecule has 0 radical (unpaired) electrons. The molecule has 1 heterocycles. The molecule has 16 heavy (non-hydrogen) atoms. The standard InChI is InChI=1S/C13H19ClN2/c1-8(2)12-7-16(4)13-9(3)10(14)5-6-11(13)15-12/h5-6,8,12,15H,7H2,1-4H3. The minimum absolute atomic E-state index is 0.512. The number of hydrogen-bond donors (Lipinski definition) is 1. The van der Waals surface area contributed by atoms with E-state index in [2.05, 4.69) is 44.1 Å². The second-order valence-electron chi connectivity index (χ2n) is 4.94. The molecule has 1 atom stereocenters. The number of benzene rings is 1. The fourth-order valence-electron chi connectivity index (χ4n) is 2.29. The van der Waals surface area contributed by atoms with Crippen LogP contribution in [-0.4, -0.2) is 19.6 Å². The predicted octanol–water partition coefficient (Wildman–Crippen LogP) is 3.53. The summed E-state index contributed by atoms with van der Waals surface area (Å²) in [7, 11) is 2.14. The zero-order valence-electron chi connectivity index (χ0n) is 10.3. The maximum Gasteiger partial charge on any atom is 0.0644 e. The van der Waals surface area contributed by atoms with Crippen molar-refractivity contribution in [3.63, 3.8) is 0 Å². The number of likely N-dealkylation sites (N-methyl/N-ethyl adjacent to an activating group) is 1. The lowest BCUT2D eigenvalue weighted by molar-refractivity contribution is 0.514. The number of anilines is 2. The molecule has 0 spiro atoms. The van der Waals surface area contributed by atoms with Gasteiger partial charge in [-0.2, -0.15) is 0 Å². The van der Waals surface area contributed by atoms with E-state index in [0.717, 1.165) is 17.1 Å². The summed E-state index contributed by atoms with van der Waals surface area (Å²) in [5, 5.41) is 4.44. The van der Waals surface area contributed by atoms with Crippen LogP contribution in [0, 0.1) is 12.8 Å². The maximum atomic E-state index is 6.16. The summed E-state index contributed by atoms with van der Waals surface area (Å²) in [4.78, 5) is 2.30. The van der Waals surface area contributed by atoms with E-state index < -0.39 is 0 Å². The zero-order chi connectivity index (χ0) is 11.9. The van der Waals surface area contributed by atoms with Crippen LogP contribution in [0.25, 0.3) is 0 Å². The smallest absolute Gasteiger partial charge is 0.0644 e. The van der Waals surface area contributed by atoms with Gasteiger partial charge in [-0.25, -0.2) is 0 Å². The van der Waals surface area contributed by atoms with Crippen LogP contribution in [-0.2, 0) is 0 Å². The van der Waals surface area contributed by atoms with Crippen molar-refractivity contribution in [1.29, 1.82) is 0 Å². The molecule has 0 aromatic heterocycles. The molecule has 1 aromatic rings. The Balaban J connectivity index is 2.42. The van der Waals surface area contributed by atoms with Crippen molar-refractivity contribution >= 4 is 23.0 Å². The van der Waals surface area contributed by atoms with E-state index in [1.807, 2.05) is 6.07 Å². The van der Waals surface area contributed by atoms with Gasteiger partial charge >= 0.3 is 0 Å². The van der Waals surface area contributed by atoms with Crippen LogP contribution in [0.2, 0.25) is 5.02 Å². The van der Waals surface area contributed by atoms with Crippen LogP contribution in [0.4, 0.5) is 11.4 Å². The van der Waals surface area contributed by atoms with Crippen LogP contribution >= 0.6 is 11.6 Å². The minimum Gasteiger partial charge on any atom is -0.379 e. The summed E-state index contributed by atoms with van der Waals surface area (Å²) in [6.45, 7) is 7.61. The molecule has 0 bridgehead atoms. The number of fused-ring (bicyclic) bond motifs is 1. The second kappa shape index (κ2) is 4.17. The molecule has 2 nitrogen and oxygen atoms in total. The third kappa shape index (κ3) is 1.86. The van der Waals surface area contributed by atoms with Gasteiger partial charge in [-0.05, 0) is 30.5 Å². The molecule has 1 aliphatic rings. The van der Waals surface area contributed by atoms with Crippen LogP contribution in [0.5, 0.6) is 0 Å². The largest absolute Gasteiger partial charge is 0.379 e. The summed E-state index contributed by atoms with van der Waals surface area (Å²) in [6, 6.07) is 4.56. The second-order valence-corrected chi connectivity index (χ2v) is 5.35. The van der Waals surface area contributed by atoms with Crippen LogP contribution < -0.4 is 10.2 Å². The van der Waals surface area contributed by atoms with Gasteiger partial charge in [0, 0.05) is 24.7 Å².